The highest BCUT2D eigenvalue weighted by Crippen LogP contribution is 2.09. The normalized spacial score (nSPS) is 13.0. The van der Waals surface area contributed by atoms with Crippen molar-refractivity contribution in [3.05, 3.63) is 29.0 Å². The van der Waals surface area contributed by atoms with Crippen LogP contribution in [0.1, 0.15) is 11.7 Å². The zero-order valence-electron chi connectivity index (χ0n) is 6.00. The molecule has 4 heteroatoms. The molecule has 0 amide bonds. The van der Waals surface area contributed by atoms with E-state index in [0.29, 0.717) is 11.6 Å². The van der Waals surface area contributed by atoms with Crippen molar-refractivity contribution >= 4 is 11.6 Å². The van der Waals surface area contributed by atoms with Crippen LogP contribution in [0.4, 0.5) is 0 Å². The molecule has 0 aliphatic carbocycles. The van der Waals surface area contributed by atoms with Crippen molar-refractivity contribution in [2.24, 2.45) is 11.5 Å². The number of nitrogens with two attached hydrogens (primary N) is 2. The Balaban J connectivity index is 2.81. The average molecular weight is 172 g/mol. The van der Waals surface area contributed by atoms with E-state index in [4.69, 9.17) is 23.1 Å². The summed E-state index contributed by atoms with van der Waals surface area (Å²) in [7, 11) is 0. The van der Waals surface area contributed by atoms with Crippen LogP contribution in [0.15, 0.2) is 18.3 Å². The summed E-state index contributed by atoms with van der Waals surface area (Å²) in [5, 5.41) is 0.609. The fraction of sp³-hybridized carbons (Fsp3) is 0.286. The number of nitrogens with zero attached hydrogens (tertiary/aromatic N) is 1. The standard InChI is InChI=1S/C7H10ClN3/c8-5-1-2-7(11-4-5)6(10)3-9/h1-2,4,6H,3,9-10H2/t6-/m0/s1. The van der Waals surface area contributed by atoms with Crippen LogP contribution >= 0.6 is 11.6 Å². The quantitative estimate of drug-likeness (QED) is 0.689. The summed E-state index contributed by atoms with van der Waals surface area (Å²) in [5.41, 5.74) is 11.7. The lowest BCUT2D eigenvalue weighted by Gasteiger charge is -2.06. The van der Waals surface area contributed by atoms with Crippen molar-refractivity contribution in [1.29, 1.82) is 0 Å². The van der Waals surface area contributed by atoms with Gasteiger partial charge in [0.1, 0.15) is 0 Å². The first-order valence-electron chi connectivity index (χ1n) is 3.31. The number of halogens is 1. The molecule has 0 fully saturated rings. The van der Waals surface area contributed by atoms with E-state index in [2.05, 4.69) is 4.98 Å². The highest BCUT2D eigenvalue weighted by Gasteiger charge is 2.03. The fourth-order valence-electron chi connectivity index (χ4n) is 0.727. The molecule has 0 aliphatic rings. The first kappa shape index (κ1) is 8.46. The van der Waals surface area contributed by atoms with Gasteiger partial charge < -0.3 is 11.5 Å². The molecule has 0 saturated heterocycles. The van der Waals surface area contributed by atoms with Crippen molar-refractivity contribution in [3.63, 3.8) is 0 Å². The van der Waals surface area contributed by atoms with Gasteiger partial charge in [0.25, 0.3) is 0 Å². The molecule has 0 aliphatic heterocycles. The Labute approximate surface area is 70.4 Å². The monoisotopic (exact) mass is 171 g/mol. The predicted molar refractivity (Wildman–Crippen MR) is 45.2 cm³/mol. The Hall–Kier alpha value is -0.640. The second kappa shape index (κ2) is 3.67. The van der Waals surface area contributed by atoms with E-state index in [0.717, 1.165) is 5.69 Å². The molecule has 0 unspecified atom stereocenters. The molecule has 0 aromatic carbocycles. The first-order valence-corrected chi connectivity index (χ1v) is 3.69. The van der Waals surface area contributed by atoms with E-state index in [1.54, 1.807) is 18.3 Å². The van der Waals surface area contributed by atoms with Gasteiger partial charge in [0.15, 0.2) is 0 Å². The third-order valence-corrected chi connectivity index (χ3v) is 1.61. The van der Waals surface area contributed by atoms with Gasteiger partial charge >= 0.3 is 0 Å². The van der Waals surface area contributed by atoms with Crippen LogP contribution in [-0.4, -0.2) is 11.5 Å². The predicted octanol–water partition coefficient (Wildman–Crippen LogP) is 0.694. The van der Waals surface area contributed by atoms with E-state index in [9.17, 15) is 0 Å². The average Bonchev–Trinajstić information content (AvgIpc) is 2.05. The topological polar surface area (TPSA) is 64.9 Å². The molecule has 0 saturated carbocycles. The fourth-order valence-corrected chi connectivity index (χ4v) is 0.839. The highest BCUT2D eigenvalue weighted by atomic mass is 35.5. The summed E-state index contributed by atoms with van der Waals surface area (Å²) in [6.07, 6.45) is 1.56. The number of hydrogen-bond donors (Lipinski definition) is 2. The van der Waals surface area contributed by atoms with Crippen LogP contribution < -0.4 is 11.5 Å². The maximum atomic E-state index is 5.62. The van der Waals surface area contributed by atoms with Crippen LogP contribution in [-0.2, 0) is 0 Å². The summed E-state index contributed by atoms with van der Waals surface area (Å²) in [5.74, 6) is 0. The Bertz CT molecular complexity index is 222. The minimum Gasteiger partial charge on any atom is -0.329 e. The van der Waals surface area contributed by atoms with Gasteiger partial charge in [-0.2, -0.15) is 0 Å². The summed E-state index contributed by atoms with van der Waals surface area (Å²) in [6.45, 7) is 0.397. The third-order valence-electron chi connectivity index (χ3n) is 1.38. The van der Waals surface area contributed by atoms with E-state index in [1.165, 1.54) is 0 Å². The molecular formula is C7H10ClN3. The Morgan fingerprint density at radius 2 is 2.27 bits per heavy atom. The molecule has 0 radical (unpaired) electrons. The van der Waals surface area contributed by atoms with Gasteiger partial charge in [-0.25, -0.2) is 0 Å². The summed E-state index contributed by atoms with van der Waals surface area (Å²) in [4.78, 5) is 4.01. The van der Waals surface area contributed by atoms with Gasteiger partial charge in [-0.1, -0.05) is 11.6 Å². The lowest BCUT2D eigenvalue weighted by Crippen LogP contribution is -2.21. The minimum atomic E-state index is -0.188. The highest BCUT2D eigenvalue weighted by molar-refractivity contribution is 6.30. The molecule has 4 N–H and O–H groups in total. The molecule has 60 valence electrons. The van der Waals surface area contributed by atoms with Gasteiger partial charge in [0.05, 0.1) is 16.8 Å². The van der Waals surface area contributed by atoms with Gasteiger partial charge in [-0.05, 0) is 12.1 Å². The van der Waals surface area contributed by atoms with Gasteiger partial charge in [0, 0.05) is 12.7 Å². The lowest BCUT2D eigenvalue weighted by molar-refractivity contribution is 0.711. The van der Waals surface area contributed by atoms with Crippen LogP contribution in [0.2, 0.25) is 5.02 Å². The number of pyridine rings is 1. The van der Waals surface area contributed by atoms with Crippen LogP contribution in [0, 0.1) is 0 Å². The van der Waals surface area contributed by atoms with Crippen LogP contribution in [0.3, 0.4) is 0 Å². The van der Waals surface area contributed by atoms with Crippen molar-refractivity contribution in [2.45, 2.75) is 6.04 Å². The minimum absolute atomic E-state index is 0.188. The largest absolute Gasteiger partial charge is 0.329 e. The van der Waals surface area contributed by atoms with Crippen molar-refractivity contribution in [2.75, 3.05) is 6.54 Å². The summed E-state index contributed by atoms with van der Waals surface area (Å²) >= 11 is 5.62. The second-order valence-electron chi connectivity index (χ2n) is 2.24. The lowest BCUT2D eigenvalue weighted by atomic mass is 10.2. The Kier molecular flexibility index (Phi) is 2.82. The maximum absolute atomic E-state index is 5.62. The van der Waals surface area contributed by atoms with Gasteiger partial charge in [0.2, 0.25) is 0 Å². The van der Waals surface area contributed by atoms with Crippen molar-refractivity contribution in [3.8, 4) is 0 Å². The van der Waals surface area contributed by atoms with Gasteiger partial charge in [-0.3, -0.25) is 4.98 Å². The molecule has 1 atom stereocenters. The zero-order valence-corrected chi connectivity index (χ0v) is 6.75. The summed E-state index contributed by atoms with van der Waals surface area (Å²) in [6, 6.07) is 3.34. The second-order valence-corrected chi connectivity index (χ2v) is 2.68. The molecule has 0 bridgehead atoms. The molecule has 1 aromatic heterocycles. The molecule has 0 spiro atoms. The smallest absolute Gasteiger partial charge is 0.0594 e. The van der Waals surface area contributed by atoms with E-state index in [1.807, 2.05) is 0 Å². The van der Waals surface area contributed by atoms with Crippen molar-refractivity contribution in [1.82, 2.24) is 4.98 Å². The molecule has 1 rings (SSSR count). The van der Waals surface area contributed by atoms with E-state index >= 15 is 0 Å². The van der Waals surface area contributed by atoms with E-state index < -0.39 is 0 Å². The van der Waals surface area contributed by atoms with E-state index in [-0.39, 0.29) is 6.04 Å². The summed E-state index contributed by atoms with van der Waals surface area (Å²) < 4.78 is 0. The van der Waals surface area contributed by atoms with Crippen molar-refractivity contribution < 1.29 is 0 Å². The maximum Gasteiger partial charge on any atom is 0.0594 e. The van der Waals surface area contributed by atoms with Crippen LogP contribution in [0.25, 0.3) is 0 Å². The molecular weight excluding hydrogens is 162 g/mol. The molecule has 1 aromatic rings. The third kappa shape index (κ3) is 2.15. The first-order chi connectivity index (χ1) is 5.24. The molecule has 11 heavy (non-hydrogen) atoms. The molecule has 3 nitrogen and oxygen atoms in total. The number of rotatable bonds is 2. The van der Waals surface area contributed by atoms with Gasteiger partial charge in [-0.15, -0.1) is 0 Å². The van der Waals surface area contributed by atoms with Crippen LogP contribution in [0.5, 0.6) is 0 Å². The Morgan fingerprint density at radius 3 is 2.73 bits per heavy atom. The zero-order chi connectivity index (χ0) is 8.27. The number of hydrogen-bond acceptors (Lipinski definition) is 3. The number of aromatic nitrogens is 1. The molecule has 1 heterocycles. The SMILES string of the molecule is NC[C@H](N)c1ccc(Cl)cn1. The Morgan fingerprint density at radius 1 is 1.55 bits per heavy atom.